The lowest BCUT2D eigenvalue weighted by Crippen LogP contribution is -2.63. The van der Waals surface area contributed by atoms with Gasteiger partial charge in [0.25, 0.3) is 0 Å². The number of hydrogen-bond donors (Lipinski definition) is 1. The zero-order valence-electron chi connectivity index (χ0n) is 13.3. The molecule has 0 aromatic carbocycles. The molecule has 4 heteroatoms. The highest BCUT2D eigenvalue weighted by Gasteiger charge is 2.38. The third kappa shape index (κ3) is 3.38. The molecule has 3 rings (SSSR count). The maximum Gasteiger partial charge on any atom is 0.213 e. The molecule has 1 aliphatic heterocycles. The maximum atomic E-state index is 5.24. The SMILES string of the molecule is COc1cc(CN2CC3(CCCCC3)NCC2C)ccn1. The fraction of sp³-hybridized carbons (Fsp3) is 0.706. The first-order valence-electron chi connectivity index (χ1n) is 8.19. The Hall–Kier alpha value is -1.13. The van der Waals surface area contributed by atoms with Crippen LogP contribution in [0.1, 0.15) is 44.6 Å². The third-order valence-corrected chi connectivity index (χ3v) is 5.11. The molecule has 2 heterocycles. The third-order valence-electron chi connectivity index (χ3n) is 5.11. The summed E-state index contributed by atoms with van der Waals surface area (Å²) in [6, 6.07) is 4.74. The Bertz CT molecular complexity index is 471. The smallest absolute Gasteiger partial charge is 0.213 e. The monoisotopic (exact) mass is 289 g/mol. The van der Waals surface area contributed by atoms with Crippen LogP contribution in [-0.2, 0) is 6.54 Å². The van der Waals surface area contributed by atoms with Gasteiger partial charge >= 0.3 is 0 Å². The highest BCUT2D eigenvalue weighted by atomic mass is 16.5. The molecule has 1 atom stereocenters. The molecule has 0 amide bonds. The van der Waals surface area contributed by atoms with Gasteiger partial charge in [-0.1, -0.05) is 19.3 Å². The summed E-state index contributed by atoms with van der Waals surface area (Å²) < 4.78 is 5.24. The largest absolute Gasteiger partial charge is 0.481 e. The molecule has 2 aliphatic rings. The van der Waals surface area contributed by atoms with E-state index in [0.717, 1.165) is 13.1 Å². The van der Waals surface area contributed by atoms with Crippen LogP contribution in [0.2, 0.25) is 0 Å². The molecule has 1 saturated carbocycles. The van der Waals surface area contributed by atoms with Gasteiger partial charge in [-0.15, -0.1) is 0 Å². The van der Waals surface area contributed by atoms with E-state index in [0.29, 0.717) is 17.5 Å². The first kappa shape index (κ1) is 14.8. The van der Waals surface area contributed by atoms with Crippen LogP contribution in [0.3, 0.4) is 0 Å². The summed E-state index contributed by atoms with van der Waals surface area (Å²) in [6.07, 6.45) is 8.65. The average molecular weight is 289 g/mol. The number of rotatable bonds is 3. The van der Waals surface area contributed by atoms with Gasteiger partial charge in [-0.2, -0.15) is 0 Å². The minimum Gasteiger partial charge on any atom is -0.481 e. The van der Waals surface area contributed by atoms with Gasteiger partial charge < -0.3 is 10.1 Å². The molecule has 1 unspecified atom stereocenters. The lowest BCUT2D eigenvalue weighted by atomic mass is 9.79. The average Bonchev–Trinajstić information content (AvgIpc) is 2.52. The molecule has 1 aromatic rings. The topological polar surface area (TPSA) is 37.4 Å². The normalized spacial score (nSPS) is 25.9. The minimum absolute atomic E-state index is 0.363. The molecular formula is C17H27N3O. The maximum absolute atomic E-state index is 5.24. The molecule has 21 heavy (non-hydrogen) atoms. The van der Waals surface area contributed by atoms with Crippen LogP contribution in [-0.4, -0.2) is 41.7 Å². The zero-order valence-corrected chi connectivity index (χ0v) is 13.3. The predicted molar refractivity (Wildman–Crippen MR) is 84.5 cm³/mol. The summed E-state index contributed by atoms with van der Waals surface area (Å²) in [5.74, 6) is 0.711. The number of methoxy groups -OCH3 is 1. The van der Waals surface area contributed by atoms with E-state index >= 15 is 0 Å². The van der Waals surface area contributed by atoms with E-state index in [1.165, 1.54) is 44.2 Å². The fourth-order valence-corrected chi connectivity index (χ4v) is 3.76. The van der Waals surface area contributed by atoms with Gasteiger partial charge in [-0.05, 0) is 31.4 Å². The van der Waals surface area contributed by atoms with Crippen molar-refractivity contribution in [1.29, 1.82) is 0 Å². The molecule has 0 radical (unpaired) electrons. The quantitative estimate of drug-likeness (QED) is 0.928. The van der Waals surface area contributed by atoms with Crippen molar-refractivity contribution in [2.75, 3.05) is 20.2 Å². The number of hydrogen-bond acceptors (Lipinski definition) is 4. The summed E-state index contributed by atoms with van der Waals surface area (Å²) in [7, 11) is 1.68. The van der Waals surface area contributed by atoms with Crippen LogP contribution in [0.25, 0.3) is 0 Å². The summed E-state index contributed by atoms with van der Waals surface area (Å²) in [4.78, 5) is 6.82. The van der Waals surface area contributed by atoms with Crippen molar-refractivity contribution in [3.05, 3.63) is 23.9 Å². The van der Waals surface area contributed by atoms with Crippen LogP contribution < -0.4 is 10.1 Å². The summed E-state index contributed by atoms with van der Waals surface area (Å²) >= 11 is 0. The first-order chi connectivity index (χ1) is 10.2. The summed E-state index contributed by atoms with van der Waals surface area (Å²) in [5.41, 5.74) is 1.66. The van der Waals surface area contributed by atoms with E-state index < -0.39 is 0 Å². The molecule has 1 saturated heterocycles. The van der Waals surface area contributed by atoms with Gasteiger partial charge in [0.15, 0.2) is 0 Å². The highest BCUT2D eigenvalue weighted by molar-refractivity contribution is 5.20. The van der Waals surface area contributed by atoms with Crippen molar-refractivity contribution in [1.82, 2.24) is 15.2 Å². The molecule has 1 aromatic heterocycles. The van der Waals surface area contributed by atoms with Gasteiger partial charge in [-0.25, -0.2) is 4.98 Å². The van der Waals surface area contributed by atoms with Crippen molar-refractivity contribution < 1.29 is 4.74 Å². The van der Waals surface area contributed by atoms with Crippen molar-refractivity contribution in [3.8, 4) is 5.88 Å². The minimum atomic E-state index is 0.363. The van der Waals surface area contributed by atoms with Gasteiger partial charge in [-0.3, -0.25) is 4.90 Å². The van der Waals surface area contributed by atoms with Crippen LogP contribution in [0.5, 0.6) is 5.88 Å². The van der Waals surface area contributed by atoms with Crippen molar-refractivity contribution >= 4 is 0 Å². The van der Waals surface area contributed by atoms with Crippen LogP contribution in [0, 0.1) is 0 Å². The van der Waals surface area contributed by atoms with Gasteiger partial charge in [0.05, 0.1) is 7.11 Å². The second-order valence-electron chi connectivity index (χ2n) is 6.68. The van der Waals surface area contributed by atoms with E-state index in [1.807, 2.05) is 6.20 Å². The Kier molecular flexibility index (Phi) is 4.45. The molecule has 116 valence electrons. The fourth-order valence-electron chi connectivity index (χ4n) is 3.76. The van der Waals surface area contributed by atoms with Crippen LogP contribution in [0.4, 0.5) is 0 Å². The Morgan fingerprint density at radius 1 is 1.38 bits per heavy atom. The Balaban J connectivity index is 1.70. The number of pyridine rings is 1. The molecule has 1 N–H and O–H groups in total. The predicted octanol–water partition coefficient (Wildman–Crippen LogP) is 2.59. The van der Waals surface area contributed by atoms with E-state index in [9.17, 15) is 0 Å². The second kappa shape index (κ2) is 6.32. The molecule has 1 spiro atoms. The van der Waals surface area contributed by atoms with Crippen molar-refractivity contribution in [2.24, 2.45) is 0 Å². The molecule has 4 nitrogen and oxygen atoms in total. The molecule has 1 aliphatic carbocycles. The van der Waals surface area contributed by atoms with E-state index in [2.05, 4.69) is 34.3 Å². The first-order valence-corrected chi connectivity index (χ1v) is 8.19. The number of nitrogens with zero attached hydrogens (tertiary/aromatic N) is 2. The van der Waals surface area contributed by atoms with Gasteiger partial charge in [0.2, 0.25) is 5.88 Å². The Morgan fingerprint density at radius 2 is 2.19 bits per heavy atom. The van der Waals surface area contributed by atoms with E-state index in [4.69, 9.17) is 4.74 Å². The number of ether oxygens (including phenoxy) is 1. The second-order valence-corrected chi connectivity index (χ2v) is 6.68. The standard InChI is InChI=1S/C17H27N3O/c1-14-11-19-17(7-4-3-5-8-17)13-20(14)12-15-6-9-18-16(10-15)21-2/h6,9-10,14,19H,3-5,7-8,11-13H2,1-2H3. The lowest BCUT2D eigenvalue weighted by Gasteiger charge is -2.49. The van der Waals surface area contributed by atoms with Gasteiger partial charge in [0, 0.05) is 43.5 Å². The van der Waals surface area contributed by atoms with E-state index in [-0.39, 0.29) is 0 Å². The molecular weight excluding hydrogens is 262 g/mol. The number of piperazine rings is 1. The molecule has 0 bridgehead atoms. The highest BCUT2D eigenvalue weighted by Crippen LogP contribution is 2.32. The molecule has 2 fully saturated rings. The number of aromatic nitrogens is 1. The van der Waals surface area contributed by atoms with E-state index in [1.54, 1.807) is 7.11 Å². The lowest BCUT2D eigenvalue weighted by molar-refractivity contribution is 0.0572. The van der Waals surface area contributed by atoms with Crippen molar-refractivity contribution in [2.45, 2.75) is 57.2 Å². The number of nitrogens with one attached hydrogen (secondary N) is 1. The van der Waals surface area contributed by atoms with Crippen molar-refractivity contribution in [3.63, 3.8) is 0 Å². The Labute approximate surface area is 127 Å². The van der Waals surface area contributed by atoms with Crippen LogP contribution >= 0.6 is 0 Å². The summed E-state index contributed by atoms with van der Waals surface area (Å²) in [6.45, 7) is 5.58. The van der Waals surface area contributed by atoms with Gasteiger partial charge in [0.1, 0.15) is 0 Å². The zero-order chi connectivity index (χ0) is 14.7. The Morgan fingerprint density at radius 3 is 2.95 bits per heavy atom. The summed E-state index contributed by atoms with van der Waals surface area (Å²) in [5, 5.41) is 3.84. The van der Waals surface area contributed by atoms with Crippen LogP contribution in [0.15, 0.2) is 18.3 Å².